The van der Waals surface area contributed by atoms with E-state index in [1.54, 1.807) is 0 Å². The maximum absolute atomic E-state index is 4.26. The third-order valence-corrected chi connectivity index (χ3v) is 11.5. The van der Waals surface area contributed by atoms with Gasteiger partial charge in [0.15, 0.2) is 0 Å². The maximum Gasteiger partial charge on any atom is 0.0631 e. The number of hydrogen-bond acceptors (Lipinski definition) is 4. The molecule has 4 aromatic heterocycles. The molecule has 0 N–H and O–H groups in total. The van der Waals surface area contributed by atoms with Crippen LogP contribution in [0.25, 0.3) is 35.5 Å². The molecular formula is C25H30S4. The third kappa shape index (κ3) is 3.37. The molecule has 4 heteroatoms. The second-order valence-corrected chi connectivity index (χ2v) is 14.5. The van der Waals surface area contributed by atoms with Crippen LogP contribution in [0.15, 0.2) is 12.6 Å². The van der Waals surface area contributed by atoms with E-state index in [0.717, 1.165) is 0 Å². The van der Waals surface area contributed by atoms with Gasteiger partial charge in [0, 0.05) is 35.0 Å². The summed E-state index contributed by atoms with van der Waals surface area (Å²) >= 11 is 7.93. The van der Waals surface area contributed by atoms with E-state index in [0.29, 0.717) is 0 Å². The van der Waals surface area contributed by atoms with E-state index in [1.807, 2.05) is 45.3 Å². The number of hydrogen-bond donors (Lipinski definition) is 0. The quantitative estimate of drug-likeness (QED) is 0.280. The molecule has 0 aliphatic rings. The topological polar surface area (TPSA) is 0 Å². The molecule has 0 fully saturated rings. The van der Waals surface area contributed by atoms with Gasteiger partial charge in [-0.15, -0.1) is 45.3 Å². The van der Waals surface area contributed by atoms with Crippen LogP contribution in [0.5, 0.6) is 0 Å². The molecule has 0 saturated carbocycles. The Morgan fingerprint density at radius 1 is 0.793 bits per heavy atom. The predicted octanol–water partition coefficient (Wildman–Crippen LogP) is 10.2. The third-order valence-electron chi connectivity index (χ3n) is 5.25. The van der Waals surface area contributed by atoms with Gasteiger partial charge in [-0.2, -0.15) is 0 Å². The summed E-state index contributed by atoms with van der Waals surface area (Å²) in [4.78, 5) is 8.73. The Morgan fingerprint density at radius 3 is 1.93 bits per heavy atom. The van der Waals surface area contributed by atoms with Gasteiger partial charge in [-0.05, 0) is 48.8 Å². The molecule has 154 valence electrons. The monoisotopic (exact) mass is 458 g/mol. The van der Waals surface area contributed by atoms with E-state index < -0.39 is 0 Å². The minimum Gasteiger partial charge on any atom is -0.139 e. The molecule has 0 nitrogen and oxygen atoms in total. The van der Waals surface area contributed by atoms with Crippen LogP contribution in [0.2, 0.25) is 0 Å². The highest BCUT2D eigenvalue weighted by Crippen LogP contribution is 2.55. The zero-order valence-corrected chi connectivity index (χ0v) is 22.2. The number of thiophene rings is 4. The second kappa shape index (κ2) is 6.78. The fourth-order valence-electron chi connectivity index (χ4n) is 3.95. The predicted molar refractivity (Wildman–Crippen MR) is 140 cm³/mol. The molecule has 0 bridgehead atoms. The first kappa shape index (κ1) is 21.3. The molecule has 4 aromatic rings. The van der Waals surface area contributed by atoms with Crippen molar-refractivity contribution in [1.82, 2.24) is 0 Å². The van der Waals surface area contributed by atoms with Gasteiger partial charge in [0.05, 0.1) is 14.5 Å². The lowest BCUT2D eigenvalue weighted by atomic mass is 9.91. The molecule has 0 spiro atoms. The Kier molecular flexibility index (Phi) is 4.98. The fraction of sp³-hybridized carbons (Fsp3) is 0.440. The zero-order chi connectivity index (χ0) is 21.5. The first-order chi connectivity index (χ1) is 13.3. The van der Waals surface area contributed by atoms with Crippen LogP contribution in [0, 0.1) is 13.8 Å². The molecule has 0 aromatic carbocycles. The van der Waals surface area contributed by atoms with Crippen LogP contribution < -0.4 is 0 Å². The van der Waals surface area contributed by atoms with Crippen molar-refractivity contribution in [2.75, 3.05) is 0 Å². The van der Waals surface area contributed by atoms with Crippen LogP contribution in [-0.4, -0.2) is 0 Å². The molecule has 0 amide bonds. The SMILES string of the molecule is C=C(C)c1sc2c(-c3sc(C(C)(C)C)c4sc(C)cc34)sc(C(C)(C)C)c2c1C. The van der Waals surface area contributed by atoms with E-state index in [1.165, 1.54) is 60.6 Å². The molecule has 0 aliphatic heterocycles. The Bertz CT molecular complexity index is 1250. The molecule has 0 radical (unpaired) electrons. The molecule has 0 aliphatic carbocycles. The summed E-state index contributed by atoms with van der Waals surface area (Å²) in [6, 6.07) is 2.41. The standard InChI is InChI=1S/C25H30S4/c1-12(2)17-14(4)16-20(27-17)21(29-22(16)24(5,6)7)18-15-11-13(3)26-19(15)23(28-18)25(8,9)10/h11H,1H2,2-10H3. The molecule has 0 saturated heterocycles. The number of aryl methyl sites for hydroxylation is 2. The first-order valence-corrected chi connectivity index (χ1v) is 13.3. The zero-order valence-electron chi connectivity index (χ0n) is 18.9. The van der Waals surface area contributed by atoms with Gasteiger partial charge in [-0.1, -0.05) is 48.1 Å². The van der Waals surface area contributed by atoms with Gasteiger partial charge in [0.2, 0.25) is 0 Å². The Hall–Kier alpha value is -0.940. The highest BCUT2D eigenvalue weighted by Gasteiger charge is 2.30. The normalized spacial score (nSPS) is 13.1. The number of rotatable bonds is 2. The van der Waals surface area contributed by atoms with Crippen LogP contribution in [0.4, 0.5) is 0 Å². The van der Waals surface area contributed by atoms with Gasteiger partial charge < -0.3 is 0 Å². The van der Waals surface area contributed by atoms with Crippen LogP contribution in [0.3, 0.4) is 0 Å². The molecule has 0 atom stereocenters. The van der Waals surface area contributed by atoms with Gasteiger partial charge in [0.25, 0.3) is 0 Å². The average Bonchev–Trinajstić information content (AvgIpc) is 3.25. The summed E-state index contributed by atoms with van der Waals surface area (Å²) in [5.41, 5.74) is 2.89. The molecule has 29 heavy (non-hydrogen) atoms. The summed E-state index contributed by atoms with van der Waals surface area (Å²) in [7, 11) is 0. The lowest BCUT2D eigenvalue weighted by Crippen LogP contribution is -2.08. The fourth-order valence-corrected chi connectivity index (χ4v) is 9.69. The van der Waals surface area contributed by atoms with Crippen LogP contribution in [-0.2, 0) is 10.8 Å². The summed E-state index contributed by atoms with van der Waals surface area (Å²) < 4.78 is 2.95. The largest absolute Gasteiger partial charge is 0.139 e. The molecule has 4 rings (SSSR count). The first-order valence-electron chi connectivity index (χ1n) is 10.1. The summed E-state index contributed by atoms with van der Waals surface area (Å²) in [5.74, 6) is 0. The highest BCUT2D eigenvalue weighted by molar-refractivity contribution is 7.32. The van der Waals surface area contributed by atoms with Gasteiger partial charge in [-0.3, -0.25) is 0 Å². The van der Waals surface area contributed by atoms with Crippen molar-refractivity contribution >= 4 is 71.1 Å². The number of fused-ring (bicyclic) bond motifs is 2. The Labute approximate surface area is 190 Å². The minimum absolute atomic E-state index is 0.132. The highest BCUT2D eigenvalue weighted by atomic mass is 32.1. The summed E-state index contributed by atoms with van der Waals surface area (Å²) in [6.07, 6.45) is 0. The maximum atomic E-state index is 4.26. The van der Waals surface area contributed by atoms with E-state index in [-0.39, 0.29) is 10.8 Å². The smallest absolute Gasteiger partial charge is 0.0631 e. The van der Waals surface area contributed by atoms with Crippen LogP contribution in [0.1, 0.15) is 73.5 Å². The second-order valence-electron chi connectivity index (χ2n) is 10.2. The molecular weight excluding hydrogens is 429 g/mol. The molecule has 0 unspecified atom stereocenters. The Morgan fingerprint density at radius 2 is 1.38 bits per heavy atom. The van der Waals surface area contributed by atoms with Crippen molar-refractivity contribution in [3.05, 3.63) is 37.7 Å². The van der Waals surface area contributed by atoms with E-state index in [4.69, 9.17) is 0 Å². The summed E-state index contributed by atoms with van der Waals surface area (Å²) in [6.45, 7) is 25.0. The molecule has 4 heterocycles. The van der Waals surface area contributed by atoms with Gasteiger partial charge >= 0.3 is 0 Å². The van der Waals surface area contributed by atoms with Crippen molar-refractivity contribution in [1.29, 1.82) is 0 Å². The minimum atomic E-state index is 0.132. The van der Waals surface area contributed by atoms with Gasteiger partial charge in [0.1, 0.15) is 0 Å². The average molecular weight is 459 g/mol. The Balaban J connectivity index is 2.13. The van der Waals surface area contributed by atoms with E-state index >= 15 is 0 Å². The van der Waals surface area contributed by atoms with Crippen LogP contribution >= 0.6 is 45.3 Å². The van der Waals surface area contributed by atoms with Gasteiger partial charge in [-0.25, -0.2) is 0 Å². The van der Waals surface area contributed by atoms with Crippen molar-refractivity contribution in [2.45, 2.75) is 73.1 Å². The summed E-state index contributed by atoms with van der Waals surface area (Å²) in [5, 5.41) is 2.93. The number of allylic oxidation sites excluding steroid dienone is 1. The lowest BCUT2D eigenvalue weighted by molar-refractivity contribution is 0.608. The van der Waals surface area contributed by atoms with Crippen molar-refractivity contribution in [2.24, 2.45) is 0 Å². The van der Waals surface area contributed by atoms with Crippen molar-refractivity contribution < 1.29 is 0 Å². The van der Waals surface area contributed by atoms with Crippen molar-refractivity contribution in [3.8, 4) is 9.75 Å². The van der Waals surface area contributed by atoms with E-state index in [2.05, 4.69) is 75.0 Å². The van der Waals surface area contributed by atoms with Crippen molar-refractivity contribution in [3.63, 3.8) is 0 Å². The van der Waals surface area contributed by atoms with E-state index in [9.17, 15) is 0 Å². The lowest BCUT2D eigenvalue weighted by Gasteiger charge is -2.17.